The second kappa shape index (κ2) is 14.3. The highest BCUT2D eigenvalue weighted by molar-refractivity contribution is 6.00. The molecule has 0 aliphatic heterocycles. The van der Waals surface area contributed by atoms with Gasteiger partial charge in [-0.05, 0) is 36.5 Å². The molecule has 218 valence electrons. The van der Waals surface area contributed by atoms with Gasteiger partial charge in [-0.15, -0.1) is 0 Å². The van der Waals surface area contributed by atoms with Crippen LogP contribution >= 0.6 is 0 Å². The molecule has 1 unspecified atom stereocenters. The minimum Gasteiger partial charge on any atom is -0.391 e. The molecule has 4 atom stereocenters. The Morgan fingerprint density at radius 1 is 0.976 bits per heavy atom. The lowest BCUT2D eigenvalue weighted by Gasteiger charge is -2.34. The number of aliphatic hydroxyl groups excluding tert-OH is 1. The van der Waals surface area contributed by atoms with Crippen LogP contribution in [0.3, 0.4) is 0 Å². The van der Waals surface area contributed by atoms with Crippen LogP contribution in [0.15, 0.2) is 66.7 Å². The van der Waals surface area contributed by atoms with Gasteiger partial charge in [0.05, 0.1) is 30.0 Å². The largest absolute Gasteiger partial charge is 0.391 e. The molecule has 1 heterocycles. The zero-order valence-corrected chi connectivity index (χ0v) is 23.2. The molecule has 8 N–H and O–H groups in total. The number of carbonyl (C=O) groups is 3. The van der Waals surface area contributed by atoms with Crippen LogP contribution in [-0.2, 0) is 9.59 Å². The number of primary amides is 1. The number of nitrogens with zero attached hydrogens (tertiary/aromatic N) is 2. The van der Waals surface area contributed by atoms with Gasteiger partial charge in [-0.3, -0.25) is 20.2 Å². The maximum absolute atomic E-state index is 14.0. The van der Waals surface area contributed by atoms with Gasteiger partial charge in [0.1, 0.15) is 5.69 Å². The van der Waals surface area contributed by atoms with Gasteiger partial charge in [-0.25, -0.2) is 9.99 Å². The smallest absolute Gasteiger partial charge is 0.270 e. The van der Waals surface area contributed by atoms with E-state index in [0.29, 0.717) is 23.5 Å². The van der Waals surface area contributed by atoms with Crippen molar-refractivity contribution in [2.24, 2.45) is 29.1 Å². The number of hydrogen-bond acceptors (Lipinski definition) is 8. The van der Waals surface area contributed by atoms with Crippen LogP contribution in [0, 0.1) is 11.8 Å². The Morgan fingerprint density at radius 3 is 2.37 bits per heavy atom. The predicted molar refractivity (Wildman–Crippen MR) is 157 cm³/mol. The number of aromatic nitrogens is 1. The number of Topliss-reactive ketones (excluding diaryl/α,β-unsaturated/α-hetero) is 1. The molecule has 0 saturated heterocycles. The topological polar surface area (TPSA) is 178 Å². The van der Waals surface area contributed by atoms with Crippen molar-refractivity contribution < 1.29 is 19.5 Å². The second-order valence-corrected chi connectivity index (χ2v) is 11.0. The number of pyridine rings is 1. The molecule has 4 rings (SSSR count). The van der Waals surface area contributed by atoms with Gasteiger partial charge in [0.2, 0.25) is 5.91 Å². The third kappa shape index (κ3) is 8.17. The van der Waals surface area contributed by atoms with Crippen LogP contribution in [0.25, 0.3) is 10.9 Å². The Bertz CT molecular complexity index is 1330. The molecule has 1 aliphatic carbocycles. The number of hydrogen-bond donors (Lipinski definition) is 5. The van der Waals surface area contributed by atoms with E-state index in [0.717, 1.165) is 31.1 Å². The average Bonchev–Trinajstić information content (AvgIpc) is 2.97. The van der Waals surface area contributed by atoms with Crippen molar-refractivity contribution in [2.75, 3.05) is 13.1 Å². The lowest BCUT2D eigenvalue weighted by molar-refractivity contribution is -0.132. The van der Waals surface area contributed by atoms with Gasteiger partial charge in [-0.1, -0.05) is 73.9 Å². The highest BCUT2D eigenvalue weighted by atomic mass is 16.3. The van der Waals surface area contributed by atoms with Crippen molar-refractivity contribution in [3.8, 4) is 0 Å². The first-order valence-corrected chi connectivity index (χ1v) is 14.2. The molecule has 10 nitrogen and oxygen atoms in total. The summed E-state index contributed by atoms with van der Waals surface area (Å²) in [5, 5.41) is 16.4. The van der Waals surface area contributed by atoms with Crippen molar-refractivity contribution in [1.82, 2.24) is 15.3 Å². The lowest BCUT2D eigenvalue weighted by Crippen LogP contribution is -2.53. The summed E-state index contributed by atoms with van der Waals surface area (Å²) in [7, 11) is 0. The number of aliphatic hydroxyl groups is 1. The van der Waals surface area contributed by atoms with Gasteiger partial charge in [-0.2, -0.15) is 0 Å². The quantitative estimate of drug-likeness (QED) is 0.156. The number of carbonyl (C=O) groups excluding carboxylic acids is 3. The molecular formula is C31H40N6O4. The van der Waals surface area contributed by atoms with Gasteiger partial charge in [0, 0.05) is 24.5 Å². The summed E-state index contributed by atoms with van der Waals surface area (Å²) < 4.78 is 0. The summed E-state index contributed by atoms with van der Waals surface area (Å²) in [5.74, 6) is 3.53. The van der Waals surface area contributed by atoms with E-state index in [-0.39, 0.29) is 12.2 Å². The summed E-state index contributed by atoms with van der Waals surface area (Å²) >= 11 is 0. The Kier molecular flexibility index (Phi) is 10.5. The number of amides is 2. The van der Waals surface area contributed by atoms with Gasteiger partial charge >= 0.3 is 0 Å². The fraction of sp³-hybridized carbons (Fsp3) is 0.419. The predicted octanol–water partition coefficient (Wildman–Crippen LogP) is 2.21. The monoisotopic (exact) mass is 560 g/mol. The van der Waals surface area contributed by atoms with Crippen LogP contribution in [0.2, 0.25) is 0 Å². The second-order valence-electron chi connectivity index (χ2n) is 11.0. The first-order valence-electron chi connectivity index (χ1n) is 14.2. The Balaban J connectivity index is 1.57. The molecule has 3 aromatic rings. The fourth-order valence-corrected chi connectivity index (χ4v) is 5.70. The van der Waals surface area contributed by atoms with Crippen molar-refractivity contribution in [2.45, 2.75) is 56.7 Å². The molecule has 10 heteroatoms. The number of benzene rings is 2. The molecule has 0 bridgehead atoms. The zero-order chi connectivity index (χ0) is 29.4. The zero-order valence-electron chi connectivity index (χ0n) is 23.2. The summed E-state index contributed by atoms with van der Waals surface area (Å²) in [6.07, 6.45) is 3.95. The van der Waals surface area contributed by atoms with Crippen molar-refractivity contribution in [3.63, 3.8) is 0 Å². The maximum Gasteiger partial charge on any atom is 0.270 e. The number of nitrogens with two attached hydrogens (primary N) is 3. The van der Waals surface area contributed by atoms with E-state index >= 15 is 0 Å². The minimum absolute atomic E-state index is 0.00307. The molecule has 41 heavy (non-hydrogen) atoms. The molecule has 1 aliphatic rings. The Hall–Kier alpha value is -3.70. The summed E-state index contributed by atoms with van der Waals surface area (Å²) in [5.41, 5.74) is 13.4. The highest BCUT2D eigenvalue weighted by Gasteiger charge is 2.39. The number of nitrogens with one attached hydrogen (secondary N) is 1. The van der Waals surface area contributed by atoms with Crippen molar-refractivity contribution >= 4 is 28.5 Å². The van der Waals surface area contributed by atoms with E-state index in [1.165, 1.54) is 6.42 Å². The van der Waals surface area contributed by atoms with Crippen molar-refractivity contribution in [1.29, 1.82) is 0 Å². The first-order chi connectivity index (χ1) is 19.7. The number of hydrazine groups is 1. The standard InChI is InChI=1S/C31H40N6O4/c32-27(39)17-25(36-31(41)24-16-15-21-11-7-8-14-23(21)35-24)30(40)28(29(33)22-12-5-2-6-13-22)26(38)19-37(34)18-20-9-3-1-4-10-20/h2,5-8,11-16,20,25-26,28-29,38H,1,3-4,9-10,17-19,33-34H2,(H2,32,39)(H,36,41)/t25-,26-,28+,29?/m0/s1. The number of rotatable bonds is 13. The molecular weight excluding hydrogens is 520 g/mol. The van der Waals surface area contributed by atoms with E-state index in [1.807, 2.05) is 24.3 Å². The Labute approximate surface area is 240 Å². The van der Waals surface area contributed by atoms with E-state index < -0.39 is 48.1 Å². The summed E-state index contributed by atoms with van der Waals surface area (Å²) in [6.45, 7) is 0.588. The number of fused-ring (bicyclic) bond motifs is 1. The molecule has 2 amide bonds. The minimum atomic E-state index is -1.33. The summed E-state index contributed by atoms with van der Waals surface area (Å²) in [4.78, 5) is 43.7. The highest BCUT2D eigenvalue weighted by Crippen LogP contribution is 2.28. The molecule has 1 aromatic heterocycles. The molecule has 0 spiro atoms. The van der Waals surface area contributed by atoms with E-state index in [2.05, 4.69) is 10.3 Å². The third-order valence-corrected chi connectivity index (χ3v) is 7.84. The summed E-state index contributed by atoms with van der Waals surface area (Å²) in [6, 6.07) is 17.3. The van der Waals surface area contributed by atoms with Crippen molar-refractivity contribution in [3.05, 3.63) is 78.0 Å². The van der Waals surface area contributed by atoms with E-state index in [1.54, 1.807) is 47.5 Å². The lowest BCUT2D eigenvalue weighted by atomic mass is 9.82. The first kappa shape index (κ1) is 30.3. The average molecular weight is 561 g/mol. The van der Waals surface area contributed by atoms with E-state index in [4.69, 9.17) is 17.3 Å². The van der Waals surface area contributed by atoms with Crippen LogP contribution in [0.5, 0.6) is 0 Å². The number of ketones is 1. The number of para-hydroxylation sites is 1. The van der Waals surface area contributed by atoms with Gasteiger partial charge in [0.25, 0.3) is 5.91 Å². The third-order valence-electron chi connectivity index (χ3n) is 7.84. The molecule has 1 saturated carbocycles. The fourth-order valence-electron chi connectivity index (χ4n) is 5.70. The van der Waals surface area contributed by atoms with Crippen LogP contribution in [-0.4, -0.2) is 57.9 Å². The molecule has 2 aromatic carbocycles. The molecule has 0 radical (unpaired) electrons. The van der Waals surface area contributed by atoms with Crippen LogP contribution < -0.4 is 22.6 Å². The molecule has 1 fully saturated rings. The Morgan fingerprint density at radius 2 is 1.66 bits per heavy atom. The maximum atomic E-state index is 14.0. The normalized spacial score (nSPS) is 17.1. The van der Waals surface area contributed by atoms with Gasteiger partial charge in [0.15, 0.2) is 5.78 Å². The van der Waals surface area contributed by atoms with E-state index in [9.17, 15) is 19.5 Å². The van der Waals surface area contributed by atoms with Crippen LogP contribution in [0.1, 0.15) is 60.6 Å². The van der Waals surface area contributed by atoms with Crippen LogP contribution in [0.4, 0.5) is 0 Å². The van der Waals surface area contributed by atoms with Gasteiger partial charge < -0.3 is 21.9 Å². The SMILES string of the molecule is NC(=O)C[C@H](NC(=O)c1ccc2ccccc2n1)C(=O)[C@@H](C(N)c1ccccc1)[C@@H](O)CN(N)CC1CCCCC1.